The highest BCUT2D eigenvalue weighted by atomic mass is 35.5. The Labute approximate surface area is 191 Å². The molecule has 11 heteroatoms. The monoisotopic (exact) mass is 469 g/mol. The van der Waals surface area contributed by atoms with Gasteiger partial charge >= 0.3 is 5.69 Å². The van der Waals surface area contributed by atoms with Crippen LogP contribution in [0.25, 0.3) is 10.1 Å². The molecule has 0 spiro atoms. The third-order valence-corrected chi connectivity index (χ3v) is 6.26. The van der Waals surface area contributed by atoms with Crippen molar-refractivity contribution in [1.29, 1.82) is 0 Å². The molecule has 0 aliphatic rings. The van der Waals surface area contributed by atoms with Gasteiger partial charge in [-0.15, -0.1) is 11.3 Å². The molecule has 2 aromatic carbocycles. The van der Waals surface area contributed by atoms with Gasteiger partial charge < -0.3 is 4.74 Å². The molecule has 4 rings (SSSR count). The Balaban J connectivity index is 1.49. The van der Waals surface area contributed by atoms with Crippen LogP contribution in [0.4, 0.5) is 5.69 Å². The number of rotatable bonds is 7. The van der Waals surface area contributed by atoms with E-state index in [0.29, 0.717) is 21.2 Å². The van der Waals surface area contributed by atoms with E-state index < -0.39 is 10.8 Å². The lowest BCUT2D eigenvalue weighted by atomic mass is 10.1. The van der Waals surface area contributed by atoms with E-state index in [1.807, 2.05) is 24.3 Å². The highest BCUT2D eigenvalue weighted by Gasteiger charge is 2.16. The minimum absolute atomic E-state index is 0.0932. The molecule has 0 aliphatic carbocycles. The van der Waals surface area contributed by atoms with Crippen LogP contribution < -0.4 is 10.2 Å². The fraction of sp³-hybridized carbons (Fsp3) is 0.0952. The molecule has 0 saturated heterocycles. The molecule has 0 saturated carbocycles. The second-order valence-corrected chi connectivity index (χ2v) is 8.10. The lowest BCUT2D eigenvalue weighted by Crippen LogP contribution is -2.16. The van der Waals surface area contributed by atoms with Crippen LogP contribution in [0.1, 0.15) is 20.8 Å². The standard InChI is InChI=1S/C21H16ClN5O4S/c1-31-17-7-6-13(8-14(17)11-26-12-15(10-24-26)27(29)30)9-23-25-21(28)20-19(22)16-4-2-3-5-18(16)32-20/h2-10,12H,11H2,1H3,(H,25,28). The third-order valence-electron chi connectivity index (χ3n) is 4.59. The zero-order chi connectivity index (χ0) is 22.7. The first-order valence-corrected chi connectivity index (χ1v) is 10.5. The number of carbonyl (C=O) groups is 1. The number of amides is 1. The van der Waals surface area contributed by atoms with Crippen molar-refractivity contribution in [3.63, 3.8) is 0 Å². The number of aromatic nitrogens is 2. The maximum atomic E-state index is 12.5. The van der Waals surface area contributed by atoms with Crippen LogP contribution >= 0.6 is 22.9 Å². The largest absolute Gasteiger partial charge is 0.496 e. The molecule has 32 heavy (non-hydrogen) atoms. The summed E-state index contributed by atoms with van der Waals surface area (Å²) in [5, 5.41) is 20.1. The average Bonchev–Trinajstić information content (AvgIpc) is 3.39. The SMILES string of the molecule is COc1ccc(C=NNC(=O)c2sc3ccccc3c2Cl)cc1Cn1cc([N+](=O)[O-])cn1. The van der Waals surface area contributed by atoms with Crippen LogP contribution in [0.3, 0.4) is 0 Å². The van der Waals surface area contributed by atoms with Crippen molar-refractivity contribution in [3.05, 3.63) is 86.0 Å². The van der Waals surface area contributed by atoms with Crippen molar-refractivity contribution in [2.45, 2.75) is 6.54 Å². The van der Waals surface area contributed by atoms with E-state index in [-0.39, 0.29) is 12.2 Å². The Kier molecular flexibility index (Phi) is 6.15. The van der Waals surface area contributed by atoms with Gasteiger partial charge in [0.05, 0.1) is 29.8 Å². The number of carbonyl (C=O) groups excluding carboxylic acids is 1. The van der Waals surface area contributed by atoms with E-state index in [1.165, 1.54) is 41.7 Å². The fourth-order valence-electron chi connectivity index (χ4n) is 3.09. The predicted octanol–water partition coefficient (Wildman–Crippen LogP) is 4.48. The van der Waals surface area contributed by atoms with Crippen molar-refractivity contribution in [1.82, 2.24) is 15.2 Å². The summed E-state index contributed by atoms with van der Waals surface area (Å²) in [6, 6.07) is 12.8. The van der Waals surface area contributed by atoms with Gasteiger partial charge in [0.25, 0.3) is 5.91 Å². The highest BCUT2D eigenvalue weighted by Crippen LogP contribution is 2.35. The first kappa shape index (κ1) is 21.5. The molecule has 162 valence electrons. The molecule has 0 atom stereocenters. The molecule has 0 radical (unpaired) electrons. The van der Waals surface area contributed by atoms with E-state index in [0.717, 1.165) is 15.6 Å². The maximum absolute atomic E-state index is 12.5. The molecular formula is C21H16ClN5O4S. The first-order valence-electron chi connectivity index (χ1n) is 9.30. The van der Waals surface area contributed by atoms with Gasteiger partial charge in [-0.1, -0.05) is 29.8 Å². The van der Waals surface area contributed by atoms with E-state index in [4.69, 9.17) is 16.3 Å². The van der Waals surface area contributed by atoms with E-state index in [9.17, 15) is 14.9 Å². The van der Waals surface area contributed by atoms with Gasteiger partial charge in [-0.3, -0.25) is 19.6 Å². The number of hydrogen-bond acceptors (Lipinski definition) is 7. The van der Waals surface area contributed by atoms with Crippen molar-refractivity contribution in [2.24, 2.45) is 5.10 Å². The molecule has 9 nitrogen and oxygen atoms in total. The number of nitrogens with zero attached hydrogens (tertiary/aromatic N) is 4. The number of nitro groups is 1. The predicted molar refractivity (Wildman–Crippen MR) is 123 cm³/mol. The number of methoxy groups -OCH3 is 1. The van der Waals surface area contributed by atoms with Gasteiger partial charge in [-0.05, 0) is 29.8 Å². The lowest BCUT2D eigenvalue weighted by Gasteiger charge is -2.09. The summed E-state index contributed by atoms with van der Waals surface area (Å²) >= 11 is 7.63. The molecule has 1 N–H and O–H groups in total. The van der Waals surface area contributed by atoms with Gasteiger partial charge in [0.15, 0.2) is 0 Å². The number of hydrogen-bond donors (Lipinski definition) is 1. The summed E-state index contributed by atoms with van der Waals surface area (Å²) in [6.07, 6.45) is 4.02. The Morgan fingerprint density at radius 1 is 1.38 bits per heavy atom. The fourth-order valence-corrected chi connectivity index (χ4v) is 4.49. The van der Waals surface area contributed by atoms with Crippen LogP contribution in [-0.4, -0.2) is 33.9 Å². The molecule has 1 amide bonds. The summed E-state index contributed by atoms with van der Waals surface area (Å²) in [7, 11) is 1.53. The van der Waals surface area contributed by atoms with E-state index in [2.05, 4.69) is 15.6 Å². The number of benzene rings is 2. The summed E-state index contributed by atoms with van der Waals surface area (Å²) in [6.45, 7) is 0.266. The van der Waals surface area contributed by atoms with Crippen LogP contribution in [0.5, 0.6) is 5.75 Å². The second-order valence-electron chi connectivity index (χ2n) is 6.66. The molecular weight excluding hydrogens is 454 g/mol. The third kappa shape index (κ3) is 4.46. The molecule has 0 unspecified atom stereocenters. The molecule has 2 heterocycles. The second kappa shape index (κ2) is 9.16. The Morgan fingerprint density at radius 3 is 2.91 bits per heavy atom. The minimum atomic E-state index is -0.505. The van der Waals surface area contributed by atoms with Crippen LogP contribution in [-0.2, 0) is 6.54 Å². The van der Waals surface area contributed by atoms with Crippen molar-refractivity contribution in [2.75, 3.05) is 7.11 Å². The van der Waals surface area contributed by atoms with Crippen LogP contribution in [0.2, 0.25) is 5.02 Å². The molecule has 0 fully saturated rings. The first-order chi connectivity index (χ1) is 15.5. The molecule has 0 bridgehead atoms. The van der Waals surface area contributed by atoms with Gasteiger partial charge in [-0.25, -0.2) is 5.43 Å². The molecule has 4 aromatic rings. The highest BCUT2D eigenvalue weighted by molar-refractivity contribution is 7.21. The number of halogens is 1. The Hall–Kier alpha value is -3.76. The Morgan fingerprint density at radius 2 is 2.19 bits per heavy atom. The van der Waals surface area contributed by atoms with Crippen molar-refractivity contribution < 1.29 is 14.5 Å². The summed E-state index contributed by atoms with van der Waals surface area (Å²) in [5.74, 6) is 0.200. The quantitative estimate of drug-likeness (QED) is 0.243. The normalized spacial score (nSPS) is 11.2. The Bertz CT molecular complexity index is 1350. The number of fused-ring (bicyclic) bond motifs is 1. The zero-order valence-electron chi connectivity index (χ0n) is 16.7. The summed E-state index contributed by atoms with van der Waals surface area (Å²) in [4.78, 5) is 23.3. The smallest absolute Gasteiger partial charge is 0.307 e. The van der Waals surface area contributed by atoms with Gasteiger partial charge in [0.1, 0.15) is 23.0 Å². The molecule has 2 aromatic heterocycles. The van der Waals surface area contributed by atoms with Crippen LogP contribution in [0.15, 0.2) is 60.0 Å². The molecule has 0 aliphatic heterocycles. The topological polar surface area (TPSA) is 112 Å². The van der Waals surface area contributed by atoms with Gasteiger partial charge in [0.2, 0.25) is 0 Å². The number of ether oxygens (including phenoxy) is 1. The van der Waals surface area contributed by atoms with Crippen LogP contribution in [0, 0.1) is 10.1 Å². The van der Waals surface area contributed by atoms with E-state index in [1.54, 1.807) is 18.2 Å². The summed E-state index contributed by atoms with van der Waals surface area (Å²) in [5.41, 5.74) is 3.85. The van der Waals surface area contributed by atoms with Gasteiger partial charge in [0, 0.05) is 15.6 Å². The van der Waals surface area contributed by atoms with E-state index >= 15 is 0 Å². The summed E-state index contributed by atoms with van der Waals surface area (Å²) < 4.78 is 7.73. The van der Waals surface area contributed by atoms with Crippen molar-refractivity contribution in [3.8, 4) is 5.75 Å². The zero-order valence-corrected chi connectivity index (χ0v) is 18.3. The maximum Gasteiger partial charge on any atom is 0.307 e. The average molecular weight is 470 g/mol. The number of thiophene rings is 1. The van der Waals surface area contributed by atoms with Crippen molar-refractivity contribution >= 4 is 50.8 Å². The minimum Gasteiger partial charge on any atom is -0.496 e. The number of hydrazone groups is 1. The van der Waals surface area contributed by atoms with Gasteiger partial charge in [-0.2, -0.15) is 10.2 Å². The number of nitrogens with one attached hydrogen (secondary N) is 1. The lowest BCUT2D eigenvalue weighted by molar-refractivity contribution is -0.385.